The zero-order chi connectivity index (χ0) is 22.2. The number of amides is 3. The summed E-state index contributed by atoms with van der Waals surface area (Å²) in [6, 6.07) is 11.8. The molecular formula is C23H22N6O3. The number of aryl methyl sites for hydroxylation is 1. The minimum atomic E-state index is -0.366. The molecule has 2 aromatic carbocycles. The monoisotopic (exact) mass is 430 g/mol. The lowest BCUT2D eigenvalue weighted by atomic mass is 9.94. The molecule has 3 aromatic rings. The summed E-state index contributed by atoms with van der Waals surface area (Å²) in [5, 5.41) is 14.3. The van der Waals surface area contributed by atoms with E-state index in [1.807, 2.05) is 6.07 Å². The fraction of sp³-hybridized carbons (Fsp3) is 0.304. The van der Waals surface area contributed by atoms with Crippen LogP contribution in [0.2, 0.25) is 0 Å². The second kappa shape index (κ2) is 7.99. The van der Waals surface area contributed by atoms with Gasteiger partial charge in [0.1, 0.15) is 0 Å². The van der Waals surface area contributed by atoms with Gasteiger partial charge in [-0.25, -0.2) is 0 Å². The highest BCUT2D eigenvalue weighted by molar-refractivity contribution is 6.22. The van der Waals surface area contributed by atoms with Crippen molar-refractivity contribution in [2.45, 2.75) is 45.1 Å². The maximum absolute atomic E-state index is 13.0. The Labute approximate surface area is 184 Å². The molecule has 2 heterocycles. The van der Waals surface area contributed by atoms with Crippen molar-refractivity contribution in [3.05, 3.63) is 65.0 Å². The number of carbonyl (C=O) groups excluding carboxylic acids is 3. The topological polar surface area (TPSA) is 110 Å². The van der Waals surface area contributed by atoms with E-state index in [0.717, 1.165) is 32.1 Å². The van der Waals surface area contributed by atoms with E-state index in [1.54, 1.807) is 41.9 Å². The van der Waals surface area contributed by atoms with Gasteiger partial charge in [-0.15, -0.1) is 5.10 Å². The maximum Gasteiger partial charge on any atom is 0.261 e. The number of aromatic nitrogens is 4. The molecule has 0 spiro atoms. The Balaban J connectivity index is 1.37. The van der Waals surface area contributed by atoms with Gasteiger partial charge in [0.2, 0.25) is 0 Å². The lowest BCUT2D eigenvalue weighted by Gasteiger charge is -2.29. The quantitative estimate of drug-likeness (QED) is 0.637. The highest BCUT2D eigenvalue weighted by atomic mass is 16.2. The summed E-state index contributed by atoms with van der Waals surface area (Å²) in [5.41, 5.74) is 2.26. The summed E-state index contributed by atoms with van der Waals surface area (Å²) in [7, 11) is 0. The number of nitrogens with zero attached hydrogens (tertiary/aromatic N) is 5. The molecular weight excluding hydrogens is 408 g/mol. The van der Waals surface area contributed by atoms with Crippen LogP contribution in [0.3, 0.4) is 0 Å². The first-order valence-electron chi connectivity index (χ1n) is 10.7. The summed E-state index contributed by atoms with van der Waals surface area (Å²) in [5.74, 6) is -0.302. The number of tetrazole rings is 1. The van der Waals surface area contributed by atoms with Gasteiger partial charge in [-0.05, 0) is 66.6 Å². The van der Waals surface area contributed by atoms with Crippen LogP contribution < -0.4 is 5.32 Å². The molecule has 1 fully saturated rings. The fourth-order valence-corrected chi connectivity index (χ4v) is 4.46. The average Bonchev–Trinajstić information content (AvgIpc) is 3.35. The molecule has 0 saturated heterocycles. The third-order valence-electron chi connectivity index (χ3n) is 6.09. The third-order valence-corrected chi connectivity index (χ3v) is 6.09. The zero-order valence-corrected chi connectivity index (χ0v) is 17.6. The second-order valence-electron chi connectivity index (χ2n) is 8.17. The Hall–Kier alpha value is -3.88. The highest BCUT2D eigenvalue weighted by Gasteiger charge is 2.40. The maximum atomic E-state index is 13.0. The molecule has 0 atom stereocenters. The Morgan fingerprint density at radius 1 is 1.00 bits per heavy atom. The summed E-state index contributed by atoms with van der Waals surface area (Å²) in [6.07, 6.45) is 4.87. The lowest BCUT2D eigenvalue weighted by Crippen LogP contribution is -2.40. The number of fused-ring (bicyclic) bond motifs is 1. The van der Waals surface area contributed by atoms with Crippen LogP contribution in [0.4, 0.5) is 5.69 Å². The minimum Gasteiger partial charge on any atom is -0.322 e. The first-order valence-corrected chi connectivity index (χ1v) is 10.7. The average molecular weight is 430 g/mol. The third kappa shape index (κ3) is 3.45. The molecule has 32 heavy (non-hydrogen) atoms. The van der Waals surface area contributed by atoms with Crippen LogP contribution in [0.1, 0.15) is 69.0 Å². The molecule has 0 radical (unpaired) electrons. The van der Waals surface area contributed by atoms with Crippen molar-refractivity contribution in [3.8, 4) is 5.69 Å². The Bertz CT molecular complexity index is 1230. The summed E-state index contributed by atoms with van der Waals surface area (Å²) < 4.78 is 1.56. The molecule has 9 nitrogen and oxygen atoms in total. The predicted molar refractivity (Wildman–Crippen MR) is 116 cm³/mol. The van der Waals surface area contributed by atoms with Crippen LogP contribution in [0.15, 0.2) is 42.5 Å². The van der Waals surface area contributed by atoms with Gasteiger partial charge in [0, 0.05) is 17.3 Å². The van der Waals surface area contributed by atoms with Crippen molar-refractivity contribution in [2.75, 3.05) is 5.32 Å². The number of hydrogen-bond acceptors (Lipinski definition) is 6. The van der Waals surface area contributed by atoms with Gasteiger partial charge in [-0.1, -0.05) is 25.3 Å². The smallest absolute Gasteiger partial charge is 0.261 e. The zero-order valence-electron chi connectivity index (χ0n) is 17.6. The summed E-state index contributed by atoms with van der Waals surface area (Å²) in [4.78, 5) is 40.1. The van der Waals surface area contributed by atoms with Crippen LogP contribution >= 0.6 is 0 Å². The van der Waals surface area contributed by atoms with Crippen molar-refractivity contribution in [2.24, 2.45) is 0 Å². The molecule has 0 bridgehead atoms. The van der Waals surface area contributed by atoms with Crippen molar-refractivity contribution >= 4 is 23.4 Å². The van der Waals surface area contributed by atoms with E-state index in [9.17, 15) is 14.4 Å². The van der Waals surface area contributed by atoms with Gasteiger partial charge < -0.3 is 5.32 Å². The Morgan fingerprint density at radius 2 is 1.78 bits per heavy atom. The van der Waals surface area contributed by atoms with Crippen molar-refractivity contribution in [1.82, 2.24) is 25.1 Å². The van der Waals surface area contributed by atoms with Gasteiger partial charge in [0.15, 0.2) is 5.82 Å². The van der Waals surface area contributed by atoms with Crippen molar-refractivity contribution < 1.29 is 14.4 Å². The van der Waals surface area contributed by atoms with E-state index < -0.39 is 0 Å². The number of carbonyl (C=O) groups is 3. The molecule has 2 aliphatic rings. The first-order chi connectivity index (χ1) is 15.5. The van der Waals surface area contributed by atoms with E-state index in [-0.39, 0.29) is 23.8 Å². The molecule has 9 heteroatoms. The molecule has 1 aromatic heterocycles. The van der Waals surface area contributed by atoms with E-state index in [4.69, 9.17) is 0 Å². The molecule has 162 valence electrons. The van der Waals surface area contributed by atoms with Crippen LogP contribution in [0.25, 0.3) is 5.69 Å². The Kier molecular flexibility index (Phi) is 5.01. The minimum absolute atomic E-state index is 0.0501. The molecule has 5 rings (SSSR count). The highest BCUT2D eigenvalue weighted by Crippen LogP contribution is 2.31. The van der Waals surface area contributed by atoms with E-state index in [1.165, 1.54) is 11.0 Å². The van der Waals surface area contributed by atoms with Gasteiger partial charge in [0.25, 0.3) is 17.7 Å². The molecule has 1 aliphatic carbocycles. The van der Waals surface area contributed by atoms with Crippen molar-refractivity contribution in [3.63, 3.8) is 0 Å². The standard InChI is InChI=1S/C23H22N6O3/c1-14-25-26-27-29(14)18-9-5-6-16(13-18)24-21(30)15-10-11-19-20(12-15)23(32)28(22(19)31)17-7-3-2-4-8-17/h5-6,9-13,17H,2-4,7-8H2,1H3,(H,24,30). The lowest BCUT2D eigenvalue weighted by molar-refractivity contribution is 0.0549. The number of nitrogens with one attached hydrogen (secondary N) is 1. The van der Waals surface area contributed by atoms with E-state index in [0.29, 0.717) is 33.9 Å². The second-order valence-corrected chi connectivity index (χ2v) is 8.17. The van der Waals surface area contributed by atoms with E-state index >= 15 is 0 Å². The van der Waals surface area contributed by atoms with Gasteiger partial charge in [-0.2, -0.15) is 4.68 Å². The molecule has 1 aliphatic heterocycles. The molecule has 1 saturated carbocycles. The summed E-state index contributed by atoms with van der Waals surface area (Å²) >= 11 is 0. The molecule has 3 amide bonds. The fourth-order valence-electron chi connectivity index (χ4n) is 4.46. The summed E-state index contributed by atoms with van der Waals surface area (Å²) in [6.45, 7) is 1.78. The number of rotatable bonds is 4. The number of hydrogen-bond donors (Lipinski definition) is 1. The first kappa shape index (κ1) is 20.0. The predicted octanol–water partition coefficient (Wildman–Crippen LogP) is 3.15. The number of imide groups is 1. The number of anilines is 1. The van der Waals surface area contributed by atoms with Gasteiger partial charge in [-0.3, -0.25) is 19.3 Å². The number of benzene rings is 2. The normalized spacial score (nSPS) is 16.3. The van der Waals surface area contributed by atoms with Crippen molar-refractivity contribution in [1.29, 1.82) is 0 Å². The SMILES string of the molecule is Cc1nnnn1-c1cccc(NC(=O)c2ccc3c(c2)C(=O)N(C2CCCCC2)C3=O)c1. The van der Waals surface area contributed by atoms with E-state index in [2.05, 4.69) is 20.8 Å². The van der Waals surface area contributed by atoms with Crippen LogP contribution in [-0.4, -0.2) is 48.9 Å². The van der Waals surface area contributed by atoms with Gasteiger partial charge >= 0.3 is 0 Å². The van der Waals surface area contributed by atoms with Crippen LogP contribution in [0, 0.1) is 6.92 Å². The molecule has 0 unspecified atom stereocenters. The largest absolute Gasteiger partial charge is 0.322 e. The Morgan fingerprint density at radius 3 is 2.53 bits per heavy atom. The molecule has 1 N–H and O–H groups in total. The van der Waals surface area contributed by atoms with Gasteiger partial charge in [0.05, 0.1) is 16.8 Å². The van der Waals surface area contributed by atoms with Crippen LogP contribution in [-0.2, 0) is 0 Å². The van der Waals surface area contributed by atoms with Crippen LogP contribution in [0.5, 0.6) is 0 Å².